The Morgan fingerprint density at radius 1 is 1.50 bits per heavy atom. The van der Waals surface area contributed by atoms with E-state index in [-0.39, 0.29) is 12.2 Å². The second-order valence-corrected chi connectivity index (χ2v) is 5.39. The van der Waals surface area contributed by atoms with Crippen LogP contribution in [0.4, 0.5) is 5.82 Å². The Kier molecular flexibility index (Phi) is 3.98. The van der Waals surface area contributed by atoms with Crippen LogP contribution in [0.1, 0.15) is 18.5 Å². The third-order valence-electron chi connectivity index (χ3n) is 3.98. The third kappa shape index (κ3) is 2.55. The molecule has 5 heteroatoms. The first kappa shape index (κ1) is 13.5. The molecule has 0 saturated carbocycles. The van der Waals surface area contributed by atoms with Crippen molar-refractivity contribution in [2.75, 3.05) is 24.7 Å². The molecule has 2 aliphatic rings. The molecule has 3 heterocycles. The maximum Gasteiger partial charge on any atom is 0.151 e. The molecule has 2 fully saturated rings. The van der Waals surface area contributed by atoms with Crippen molar-refractivity contribution in [3.05, 3.63) is 30.5 Å². The molecule has 1 aromatic heterocycles. The van der Waals surface area contributed by atoms with Gasteiger partial charge in [0.2, 0.25) is 0 Å². The largest absolute Gasteiger partial charge is 0.373 e. The molecule has 2 aliphatic heterocycles. The van der Waals surface area contributed by atoms with E-state index < -0.39 is 0 Å². The van der Waals surface area contributed by atoms with Crippen molar-refractivity contribution in [2.24, 2.45) is 0 Å². The van der Waals surface area contributed by atoms with Crippen LogP contribution in [0.15, 0.2) is 24.8 Å². The summed E-state index contributed by atoms with van der Waals surface area (Å²) in [5.74, 6) is 0.917. The van der Waals surface area contributed by atoms with E-state index in [1.165, 1.54) is 0 Å². The topological polar surface area (TPSA) is 47.5 Å². The van der Waals surface area contributed by atoms with Crippen LogP contribution in [-0.4, -0.2) is 48.2 Å². The lowest BCUT2D eigenvalue weighted by Gasteiger charge is -2.32. The summed E-state index contributed by atoms with van der Waals surface area (Å²) in [5, 5.41) is 8.47. The smallest absolute Gasteiger partial charge is 0.151 e. The fourth-order valence-corrected chi connectivity index (χ4v) is 3.06. The maximum absolute atomic E-state index is 5.94. The molecule has 0 bridgehead atoms. The minimum atomic E-state index is 0.0846. The highest BCUT2D eigenvalue weighted by molar-refractivity contribution is 5.42. The highest BCUT2D eigenvalue weighted by Gasteiger charge is 2.45. The molecule has 0 N–H and O–H groups in total. The Hall–Kier alpha value is -1.46. The zero-order valence-corrected chi connectivity index (χ0v) is 11.9. The van der Waals surface area contributed by atoms with Gasteiger partial charge in [-0.3, -0.25) is 0 Å². The molecular weight excluding hydrogens is 254 g/mol. The summed E-state index contributed by atoms with van der Waals surface area (Å²) in [6, 6.07) is 4.37. The van der Waals surface area contributed by atoms with Crippen molar-refractivity contribution in [1.82, 2.24) is 10.2 Å². The van der Waals surface area contributed by atoms with Crippen LogP contribution in [-0.2, 0) is 9.47 Å². The zero-order valence-electron chi connectivity index (χ0n) is 11.9. The molecule has 1 aromatic rings. The van der Waals surface area contributed by atoms with Crippen LogP contribution in [0.5, 0.6) is 0 Å². The highest BCUT2D eigenvalue weighted by Crippen LogP contribution is 2.33. The van der Waals surface area contributed by atoms with Gasteiger partial charge in [0.1, 0.15) is 12.2 Å². The van der Waals surface area contributed by atoms with Crippen molar-refractivity contribution < 1.29 is 9.47 Å². The van der Waals surface area contributed by atoms with E-state index in [2.05, 4.69) is 21.7 Å². The van der Waals surface area contributed by atoms with Crippen LogP contribution in [0.25, 0.3) is 0 Å². The minimum Gasteiger partial charge on any atom is -0.373 e. The Bertz CT molecular complexity index is 463. The van der Waals surface area contributed by atoms with Gasteiger partial charge in [0, 0.05) is 13.2 Å². The molecule has 0 aliphatic carbocycles. The van der Waals surface area contributed by atoms with E-state index in [1.807, 2.05) is 19.1 Å². The van der Waals surface area contributed by atoms with Gasteiger partial charge in [0.25, 0.3) is 0 Å². The second kappa shape index (κ2) is 5.89. The molecule has 0 aromatic carbocycles. The normalized spacial score (nSPS) is 29.2. The van der Waals surface area contributed by atoms with Crippen molar-refractivity contribution in [3.8, 4) is 0 Å². The van der Waals surface area contributed by atoms with Crippen LogP contribution < -0.4 is 4.90 Å². The number of anilines is 1. The number of hydrogen-bond acceptors (Lipinski definition) is 5. The molecule has 0 spiro atoms. The summed E-state index contributed by atoms with van der Waals surface area (Å²) in [6.07, 6.45) is 4.21. The summed E-state index contributed by atoms with van der Waals surface area (Å²) >= 11 is 0. The third-order valence-corrected chi connectivity index (χ3v) is 3.98. The minimum absolute atomic E-state index is 0.0846. The average Bonchev–Trinajstić information content (AvgIpc) is 2.85. The molecule has 3 rings (SSSR count). The van der Waals surface area contributed by atoms with E-state index in [0.717, 1.165) is 37.5 Å². The Morgan fingerprint density at radius 2 is 2.40 bits per heavy atom. The number of nitrogens with zero attached hydrogens (tertiary/aromatic N) is 3. The van der Waals surface area contributed by atoms with E-state index in [9.17, 15) is 0 Å². The van der Waals surface area contributed by atoms with Crippen LogP contribution in [0.3, 0.4) is 0 Å². The maximum atomic E-state index is 5.94. The Balaban J connectivity index is 1.80. The van der Waals surface area contributed by atoms with Gasteiger partial charge in [-0.2, -0.15) is 5.10 Å². The fraction of sp³-hybridized carbons (Fsp3) is 0.600. The first-order valence-electron chi connectivity index (χ1n) is 7.20. The lowest BCUT2D eigenvalue weighted by molar-refractivity contribution is -0.0671. The van der Waals surface area contributed by atoms with Gasteiger partial charge < -0.3 is 14.4 Å². The number of ether oxygens (including phenoxy) is 2. The van der Waals surface area contributed by atoms with Crippen molar-refractivity contribution in [2.45, 2.75) is 38.0 Å². The molecule has 5 nitrogen and oxygen atoms in total. The van der Waals surface area contributed by atoms with Crippen LogP contribution >= 0.6 is 0 Å². The molecule has 2 saturated heterocycles. The molecular formula is C15H21N3O2. The van der Waals surface area contributed by atoms with Crippen molar-refractivity contribution >= 4 is 5.82 Å². The van der Waals surface area contributed by atoms with Gasteiger partial charge in [-0.1, -0.05) is 6.08 Å². The number of fused-ring (bicyclic) bond motifs is 1. The summed E-state index contributed by atoms with van der Waals surface area (Å²) in [5.41, 5.74) is 0.934. The average molecular weight is 275 g/mol. The van der Waals surface area contributed by atoms with E-state index in [0.29, 0.717) is 12.6 Å². The van der Waals surface area contributed by atoms with Gasteiger partial charge in [-0.15, -0.1) is 11.7 Å². The van der Waals surface area contributed by atoms with E-state index in [4.69, 9.17) is 9.47 Å². The SMILES string of the molecule is C=CCO[C@@H]1CN(c2ccc(C)nn2)[C@H]2CCCO[C@@H]12. The molecule has 0 unspecified atom stereocenters. The predicted octanol–water partition coefficient (Wildman–Crippen LogP) is 1.72. The van der Waals surface area contributed by atoms with E-state index in [1.54, 1.807) is 6.08 Å². The Labute approximate surface area is 119 Å². The van der Waals surface area contributed by atoms with Crippen LogP contribution in [0.2, 0.25) is 0 Å². The highest BCUT2D eigenvalue weighted by atomic mass is 16.5. The monoisotopic (exact) mass is 275 g/mol. The number of rotatable bonds is 4. The first-order valence-corrected chi connectivity index (χ1v) is 7.20. The molecule has 108 valence electrons. The second-order valence-electron chi connectivity index (χ2n) is 5.39. The van der Waals surface area contributed by atoms with Gasteiger partial charge >= 0.3 is 0 Å². The van der Waals surface area contributed by atoms with Crippen LogP contribution in [0, 0.1) is 6.92 Å². The fourth-order valence-electron chi connectivity index (χ4n) is 3.06. The number of aryl methyl sites for hydroxylation is 1. The summed E-state index contributed by atoms with van der Waals surface area (Å²) < 4.78 is 11.8. The Morgan fingerprint density at radius 3 is 3.15 bits per heavy atom. The van der Waals surface area contributed by atoms with Gasteiger partial charge in [0.05, 0.1) is 18.3 Å². The van der Waals surface area contributed by atoms with Gasteiger partial charge in [0.15, 0.2) is 5.82 Å². The van der Waals surface area contributed by atoms with Crippen molar-refractivity contribution in [3.63, 3.8) is 0 Å². The summed E-state index contributed by atoms with van der Waals surface area (Å²) in [6.45, 7) is 7.85. The molecule has 20 heavy (non-hydrogen) atoms. The number of hydrogen-bond donors (Lipinski definition) is 0. The molecule has 3 atom stereocenters. The van der Waals surface area contributed by atoms with E-state index >= 15 is 0 Å². The van der Waals surface area contributed by atoms with Crippen molar-refractivity contribution in [1.29, 1.82) is 0 Å². The zero-order chi connectivity index (χ0) is 13.9. The lowest BCUT2D eigenvalue weighted by atomic mass is 10.0. The first-order chi connectivity index (χ1) is 9.79. The van der Waals surface area contributed by atoms with Gasteiger partial charge in [-0.25, -0.2) is 0 Å². The molecule has 0 radical (unpaired) electrons. The number of aromatic nitrogens is 2. The summed E-state index contributed by atoms with van der Waals surface area (Å²) in [4.78, 5) is 2.28. The lowest BCUT2D eigenvalue weighted by Crippen LogP contribution is -2.42. The summed E-state index contributed by atoms with van der Waals surface area (Å²) in [7, 11) is 0. The molecule has 0 amide bonds. The predicted molar refractivity (Wildman–Crippen MR) is 76.8 cm³/mol. The standard InChI is InChI=1S/C15H21N3O2/c1-3-8-19-13-10-18(12-5-4-9-20-15(12)13)14-7-6-11(2)16-17-14/h3,6-7,12-13,15H,1,4-5,8-10H2,2H3/t12-,13+,15+/m0/s1. The van der Waals surface area contributed by atoms with Gasteiger partial charge in [-0.05, 0) is 31.9 Å². The quantitative estimate of drug-likeness (QED) is 0.783.